The van der Waals surface area contributed by atoms with Crippen LogP contribution in [-0.4, -0.2) is 29.7 Å². The van der Waals surface area contributed by atoms with Gasteiger partial charge in [-0.05, 0) is 36.4 Å². The molecule has 0 fully saturated rings. The van der Waals surface area contributed by atoms with Crippen molar-refractivity contribution in [3.8, 4) is 0 Å². The number of carbonyl (C=O) groups excluding carboxylic acids is 1. The molecule has 0 aliphatic carbocycles. The molecule has 1 heterocycles. The van der Waals surface area contributed by atoms with Gasteiger partial charge in [-0.1, -0.05) is 11.6 Å². The predicted octanol–water partition coefficient (Wildman–Crippen LogP) is 4.46. The largest absolute Gasteiger partial charge is 0.419 e. The lowest BCUT2D eigenvalue weighted by Crippen LogP contribution is -2.29. The molecule has 2 N–H and O–H groups in total. The van der Waals surface area contributed by atoms with E-state index < -0.39 is 11.7 Å². The molecular weight excluding hydrogens is 387 g/mol. The van der Waals surface area contributed by atoms with Crippen LogP contribution in [0.2, 0.25) is 5.02 Å². The zero-order chi connectivity index (χ0) is 19.0. The highest BCUT2D eigenvalue weighted by molar-refractivity contribution is 7.99. The predicted molar refractivity (Wildman–Crippen MR) is 97.5 cm³/mol. The van der Waals surface area contributed by atoms with E-state index in [-0.39, 0.29) is 24.8 Å². The fourth-order valence-corrected chi connectivity index (χ4v) is 3.02. The Morgan fingerprint density at radius 1 is 1.15 bits per heavy atom. The third-order valence-electron chi connectivity index (χ3n) is 3.26. The fourth-order valence-electron chi connectivity index (χ4n) is 2.04. The highest BCUT2D eigenvalue weighted by Gasteiger charge is 2.33. The Morgan fingerprint density at radius 3 is 2.58 bits per heavy atom. The molecule has 0 aliphatic rings. The smallest absolute Gasteiger partial charge is 0.368 e. The first kappa shape index (κ1) is 20.4. The molecule has 2 rings (SSSR count). The second-order valence-corrected chi connectivity index (χ2v) is 6.83. The van der Waals surface area contributed by atoms with Crippen LogP contribution in [0, 0.1) is 0 Å². The fraction of sp³-hybridized carbons (Fsp3) is 0.294. The molecule has 0 saturated carbocycles. The van der Waals surface area contributed by atoms with Gasteiger partial charge in [0.05, 0.1) is 5.56 Å². The Kier molecular flexibility index (Phi) is 7.59. The molecule has 0 radical (unpaired) electrons. The molecule has 0 bridgehead atoms. The molecule has 0 saturated heterocycles. The van der Waals surface area contributed by atoms with E-state index in [2.05, 4.69) is 15.6 Å². The number of pyridine rings is 1. The van der Waals surface area contributed by atoms with Gasteiger partial charge in [-0.3, -0.25) is 4.79 Å². The van der Waals surface area contributed by atoms with Gasteiger partial charge in [-0.15, -0.1) is 11.8 Å². The molecule has 1 aromatic carbocycles. The minimum Gasteiger partial charge on any atom is -0.368 e. The minimum atomic E-state index is -4.47. The van der Waals surface area contributed by atoms with Gasteiger partial charge in [0.1, 0.15) is 5.82 Å². The van der Waals surface area contributed by atoms with E-state index in [1.54, 1.807) is 12.1 Å². The average Bonchev–Trinajstić information content (AvgIpc) is 2.60. The number of halogens is 4. The van der Waals surface area contributed by atoms with Crippen molar-refractivity contribution in [3.63, 3.8) is 0 Å². The summed E-state index contributed by atoms with van der Waals surface area (Å²) in [5.41, 5.74) is -0.828. The van der Waals surface area contributed by atoms with Crippen LogP contribution in [0.5, 0.6) is 0 Å². The van der Waals surface area contributed by atoms with Crippen LogP contribution in [0.4, 0.5) is 19.0 Å². The SMILES string of the molecule is O=C(CCSc1ccc(Cl)cc1)NCCNc1ncccc1C(F)(F)F. The van der Waals surface area contributed by atoms with Gasteiger partial charge in [-0.25, -0.2) is 4.98 Å². The summed E-state index contributed by atoms with van der Waals surface area (Å²) in [6, 6.07) is 9.50. The van der Waals surface area contributed by atoms with Gasteiger partial charge >= 0.3 is 6.18 Å². The first-order valence-electron chi connectivity index (χ1n) is 7.77. The third-order valence-corrected chi connectivity index (χ3v) is 4.53. The summed E-state index contributed by atoms with van der Waals surface area (Å²) in [4.78, 5) is 16.5. The van der Waals surface area contributed by atoms with Gasteiger partial charge in [-0.2, -0.15) is 13.2 Å². The number of nitrogens with one attached hydrogen (secondary N) is 2. The first-order valence-corrected chi connectivity index (χ1v) is 9.14. The van der Waals surface area contributed by atoms with Crippen molar-refractivity contribution in [2.45, 2.75) is 17.5 Å². The molecule has 140 valence electrons. The summed E-state index contributed by atoms with van der Waals surface area (Å²) in [6.45, 7) is 0.356. The lowest BCUT2D eigenvalue weighted by atomic mass is 10.2. The molecule has 1 aromatic heterocycles. The molecule has 0 spiro atoms. The maximum Gasteiger partial charge on any atom is 0.419 e. The standard InChI is InChI=1S/C17H17ClF3N3OS/c18-12-3-5-13(6-4-12)26-11-7-15(25)22-9-10-24-16-14(17(19,20)21)2-1-8-23-16/h1-6,8H,7,9-11H2,(H,22,25)(H,23,24). The van der Waals surface area contributed by atoms with Crippen LogP contribution < -0.4 is 10.6 Å². The summed E-state index contributed by atoms with van der Waals surface area (Å²) in [7, 11) is 0. The van der Waals surface area contributed by atoms with Gasteiger partial charge in [0.15, 0.2) is 0 Å². The Balaban J connectivity index is 1.67. The number of nitrogens with zero attached hydrogens (tertiary/aromatic N) is 1. The second-order valence-electron chi connectivity index (χ2n) is 5.23. The van der Waals surface area contributed by atoms with Gasteiger partial charge < -0.3 is 10.6 Å². The zero-order valence-electron chi connectivity index (χ0n) is 13.6. The van der Waals surface area contributed by atoms with Crippen LogP contribution in [0.1, 0.15) is 12.0 Å². The number of amides is 1. The van der Waals surface area contributed by atoms with Gasteiger partial charge in [0.2, 0.25) is 5.91 Å². The maximum absolute atomic E-state index is 12.8. The number of anilines is 1. The van der Waals surface area contributed by atoms with Gasteiger partial charge in [0.25, 0.3) is 0 Å². The number of hydrogen-bond donors (Lipinski definition) is 2. The van der Waals surface area contributed by atoms with Crippen molar-refractivity contribution in [2.75, 3.05) is 24.2 Å². The number of carbonyl (C=O) groups is 1. The van der Waals surface area contributed by atoms with Crippen LogP contribution in [0.15, 0.2) is 47.5 Å². The van der Waals surface area contributed by atoms with Crippen molar-refractivity contribution < 1.29 is 18.0 Å². The number of hydrogen-bond acceptors (Lipinski definition) is 4. The minimum absolute atomic E-state index is 0.149. The Hall–Kier alpha value is -1.93. The quantitative estimate of drug-likeness (QED) is 0.504. The summed E-state index contributed by atoms with van der Waals surface area (Å²) >= 11 is 7.33. The van der Waals surface area contributed by atoms with E-state index in [1.165, 1.54) is 24.0 Å². The Labute approximate surface area is 158 Å². The topological polar surface area (TPSA) is 54.0 Å². The number of aromatic nitrogens is 1. The first-order chi connectivity index (χ1) is 12.4. The van der Waals surface area contributed by atoms with Crippen LogP contribution in [0.25, 0.3) is 0 Å². The third kappa shape index (κ3) is 6.76. The lowest BCUT2D eigenvalue weighted by Gasteiger charge is -2.13. The normalized spacial score (nSPS) is 11.2. The molecule has 0 unspecified atom stereocenters. The summed E-state index contributed by atoms with van der Waals surface area (Å²) in [5.74, 6) is 0.192. The monoisotopic (exact) mass is 403 g/mol. The molecular formula is C17H17ClF3N3OS. The summed E-state index contributed by atoms with van der Waals surface area (Å²) < 4.78 is 38.5. The van der Waals surface area contributed by atoms with Crippen LogP contribution in [0.3, 0.4) is 0 Å². The van der Waals surface area contributed by atoms with Gasteiger partial charge in [0, 0.05) is 41.4 Å². The van der Waals surface area contributed by atoms with E-state index in [9.17, 15) is 18.0 Å². The number of rotatable bonds is 8. The molecule has 4 nitrogen and oxygen atoms in total. The van der Waals surface area contributed by atoms with E-state index in [0.29, 0.717) is 17.2 Å². The highest BCUT2D eigenvalue weighted by Crippen LogP contribution is 2.33. The van der Waals surface area contributed by atoms with E-state index in [1.807, 2.05) is 12.1 Å². The zero-order valence-corrected chi connectivity index (χ0v) is 15.2. The van der Waals surface area contributed by atoms with Crippen molar-refractivity contribution in [1.29, 1.82) is 0 Å². The van der Waals surface area contributed by atoms with Crippen LogP contribution >= 0.6 is 23.4 Å². The van der Waals surface area contributed by atoms with E-state index in [4.69, 9.17) is 11.6 Å². The molecule has 2 aromatic rings. The second kappa shape index (κ2) is 9.68. The van der Waals surface area contributed by atoms with Crippen molar-refractivity contribution in [3.05, 3.63) is 53.2 Å². The van der Waals surface area contributed by atoms with Crippen LogP contribution in [-0.2, 0) is 11.0 Å². The van der Waals surface area contributed by atoms with E-state index in [0.717, 1.165) is 11.0 Å². The number of thioether (sulfide) groups is 1. The molecule has 1 amide bonds. The average molecular weight is 404 g/mol. The van der Waals surface area contributed by atoms with Crippen molar-refractivity contribution in [1.82, 2.24) is 10.3 Å². The molecule has 0 atom stereocenters. The number of benzene rings is 1. The van der Waals surface area contributed by atoms with Crippen molar-refractivity contribution >= 4 is 35.1 Å². The Bertz CT molecular complexity index is 726. The lowest BCUT2D eigenvalue weighted by molar-refractivity contribution is -0.137. The summed E-state index contributed by atoms with van der Waals surface area (Å²) in [6.07, 6.45) is -2.88. The highest BCUT2D eigenvalue weighted by atomic mass is 35.5. The Morgan fingerprint density at radius 2 is 1.88 bits per heavy atom. The molecule has 9 heteroatoms. The molecule has 26 heavy (non-hydrogen) atoms. The maximum atomic E-state index is 12.8. The van der Waals surface area contributed by atoms with Crippen molar-refractivity contribution in [2.24, 2.45) is 0 Å². The summed E-state index contributed by atoms with van der Waals surface area (Å²) in [5, 5.41) is 5.91. The van der Waals surface area contributed by atoms with E-state index >= 15 is 0 Å². The molecule has 0 aliphatic heterocycles. The number of alkyl halides is 3.